The van der Waals surface area contributed by atoms with E-state index in [4.69, 9.17) is 0 Å². The van der Waals surface area contributed by atoms with E-state index in [0.29, 0.717) is 24.9 Å². The zero-order valence-corrected chi connectivity index (χ0v) is 11.4. The fourth-order valence-electron chi connectivity index (χ4n) is 2.13. The lowest BCUT2D eigenvalue weighted by atomic mass is 10.1. The van der Waals surface area contributed by atoms with Crippen LogP contribution in [0.1, 0.15) is 19.3 Å². The Labute approximate surface area is 109 Å². The smallest absolute Gasteiger partial charge is 0.314 e. The van der Waals surface area contributed by atoms with Crippen LogP contribution in [0.2, 0.25) is 0 Å². The number of piperidine rings is 1. The molecular formula is C11H21F3N2OS. The van der Waals surface area contributed by atoms with Crippen LogP contribution in [0.3, 0.4) is 0 Å². The minimum absolute atomic E-state index is 0.305. The third-order valence-corrected chi connectivity index (χ3v) is 3.90. The standard InChI is InChI=1S/C11H21F3N2OS/c1-18(17)8-2-5-15-10-3-6-16(7-4-10)9-11(12,13)14/h10,15H,2-9H2,1H3. The Kier molecular flexibility index (Phi) is 6.59. The average molecular weight is 286 g/mol. The molecule has 1 aliphatic heterocycles. The van der Waals surface area contributed by atoms with E-state index < -0.39 is 23.5 Å². The van der Waals surface area contributed by atoms with Crippen molar-refractivity contribution in [2.75, 3.05) is 38.2 Å². The second-order valence-corrected chi connectivity index (χ2v) is 6.31. The highest BCUT2D eigenvalue weighted by Gasteiger charge is 2.32. The molecule has 1 saturated heterocycles. The van der Waals surface area contributed by atoms with E-state index in [1.165, 1.54) is 4.90 Å². The van der Waals surface area contributed by atoms with Gasteiger partial charge in [-0.15, -0.1) is 0 Å². The second kappa shape index (κ2) is 7.45. The Hall–Kier alpha value is -0.140. The van der Waals surface area contributed by atoms with E-state index in [9.17, 15) is 17.4 Å². The van der Waals surface area contributed by atoms with Gasteiger partial charge in [-0.05, 0) is 38.9 Å². The first-order valence-corrected chi connectivity index (χ1v) is 7.92. The summed E-state index contributed by atoms with van der Waals surface area (Å²) in [5.41, 5.74) is 0. The number of rotatable bonds is 6. The molecule has 18 heavy (non-hydrogen) atoms. The van der Waals surface area contributed by atoms with Crippen LogP contribution >= 0.6 is 0 Å². The van der Waals surface area contributed by atoms with E-state index in [1.807, 2.05) is 0 Å². The van der Waals surface area contributed by atoms with Gasteiger partial charge < -0.3 is 5.32 Å². The second-order valence-electron chi connectivity index (χ2n) is 4.75. The van der Waals surface area contributed by atoms with Crippen molar-refractivity contribution in [2.24, 2.45) is 0 Å². The topological polar surface area (TPSA) is 32.3 Å². The van der Waals surface area contributed by atoms with Crippen molar-refractivity contribution in [1.29, 1.82) is 0 Å². The summed E-state index contributed by atoms with van der Waals surface area (Å²) in [7, 11) is -0.762. The number of nitrogens with zero attached hydrogens (tertiary/aromatic N) is 1. The molecule has 0 spiro atoms. The monoisotopic (exact) mass is 286 g/mol. The molecule has 1 aliphatic rings. The van der Waals surface area contributed by atoms with Crippen molar-refractivity contribution in [3.05, 3.63) is 0 Å². The Balaban J connectivity index is 2.10. The molecule has 0 saturated carbocycles. The molecule has 0 aromatic carbocycles. The first-order valence-electron chi connectivity index (χ1n) is 6.19. The van der Waals surface area contributed by atoms with Gasteiger partial charge in [-0.1, -0.05) is 0 Å². The minimum atomic E-state index is -4.09. The Bertz CT molecular complexity index is 266. The van der Waals surface area contributed by atoms with Crippen LogP contribution in [0, 0.1) is 0 Å². The van der Waals surface area contributed by atoms with Crippen molar-refractivity contribution in [3.8, 4) is 0 Å². The molecule has 1 unspecified atom stereocenters. The van der Waals surface area contributed by atoms with Crippen molar-refractivity contribution in [2.45, 2.75) is 31.5 Å². The van der Waals surface area contributed by atoms with Gasteiger partial charge in [0.15, 0.2) is 0 Å². The highest BCUT2D eigenvalue weighted by molar-refractivity contribution is 7.84. The molecule has 1 rings (SSSR count). The SMILES string of the molecule is CS(=O)CCCNC1CCN(CC(F)(F)F)CC1. The van der Waals surface area contributed by atoms with Gasteiger partial charge in [0.05, 0.1) is 6.54 Å². The van der Waals surface area contributed by atoms with Crippen LogP contribution < -0.4 is 5.32 Å². The van der Waals surface area contributed by atoms with Crippen molar-refractivity contribution in [3.63, 3.8) is 0 Å². The maximum atomic E-state index is 12.2. The highest BCUT2D eigenvalue weighted by atomic mass is 32.2. The number of alkyl halides is 3. The Morgan fingerprint density at radius 3 is 2.44 bits per heavy atom. The number of nitrogens with one attached hydrogen (secondary N) is 1. The van der Waals surface area contributed by atoms with Crippen molar-refractivity contribution < 1.29 is 17.4 Å². The van der Waals surface area contributed by atoms with Crippen LogP contribution in [0.5, 0.6) is 0 Å². The molecule has 0 aromatic rings. The van der Waals surface area contributed by atoms with Gasteiger partial charge in [0.25, 0.3) is 0 Å². The zero-order valence-electron chi connectivity index (χ0n) is 10.6. The van der Waals surface area contributed by atoms with Crippen LogP contribution in [0.25, 0.3) is 0 Å². The first-order chi connectivity index (χ1) is 8.37. The highest BCUT2D eigenvalue weighted by Crippen LogP contribution is 2.19. The molecular weight excluding hydrogens is 265 g/mol. The molecule has 1 atom stereocenters. The molecule has 0 bridgehead atoms. The molecule has 3 nitrogen and oxygen atoms in total. The lowest BCUT2D eigenvalue weighted by molar-refractivity contribution is -0.148. The van der Waals surface area contributed by atoms with Gasteiger partial charge in [-0.3, -0.25) is 9.11 Å². The molecule has 0 amide bonds. The van der Waals surface area contributed by atoms with Crippen LogP contribution in [-0.4, -0.2) is 59.5 Å². The van der Waals surface area contributed by atoms with Crippen LogP contribution in [0.15, 0.2) is 0 Å². The first kappa shape index (κ1) is 15.9. The van der Waals surface area contributed by atoms with E-state index in [-0.39, 0.29) is 0 Å². The summed E-state index contributed by atoms with van der Waals surface area (Å²) in [6.07, 6.45) is -0.0520. The maximum Gasteiger partial charge on any atom is 0.401 e. The molecule has 0 radical (unpaired) electrons. The fourth-order valence-corrected chi connectivity index (χ4v) is 2.68. The molecule has 108 valence electrons. The Morgan fingerprint density at radius 2 is 1.94 bits per heavy atom. The summed E-state index contributed by atoms with van der Waals surface area (Å²) < 4.78 is 47.4. The lowest BCUT2D eigenvalue weighted by Crippen LogP contribution is -2.45. The Morgan fingerprint density at radius 1 is 1.33 bits per heavy atom. The lowest BCUT2D eigenvalue weighted by Gasteiger charge is -2.32. The summed E-state index contributed by atoms with van der Waals surface area (Å²) in [4.78, 5) is 1.46. The molecule has 7 heteroatoms. The number of likely N-dealkylation sites (tertiary alicyclic amines) is 1. The van der Waals surface area contributed by atoms with Gasteiger partial charge in [0.1, 0.15) is 0 Å². The van der Waals surface area contributed by atoms with E-state index >= 15 is 0 Å². The van der Waals surface area contributed by atoms with Crippen molar-refractivity contribution >= 4 is 10.8 Å². The predicted molar refractivity (Wildman–Crippen MR) is 67.1 cm³/mol. The third-order valence-electron chi connectivity index (χ3n) is 3.03. The number of hydrogen-bond acceptors (Lipinski definition) is 3. The number of halogens is 3. The molecule has 0 aliphatic carbocycles. The van der Waals surface area contributed by atoms with E-state index in [0.717, 1.165) is 25.8 Å². The summed E-state index contributed by atoms with van der Waals surface area (Å²) in [5.74, 6) is 0.680. The summed E-state index contributed by atoms with van der Waals surface area (Å²) in [5, 5.41) is 3.32. The van der Waals surface area contributed by atoms with Gasteiger partial charge in [-0.25, -0.2) is 0 Å². The quantitative estimate of drug-likeness (QED) is 0.749. The van der Waals surface area contributed by atoms with Crippen LogP contribution in [-0.2, 0) is 10.8 Å². The van der Waals surface area contributed by atoms with Gasteiger partial charge in [0.2, 0.25) is 0 Å². The average Bonchev–Trinajstić information content (AvgIpc) is 2.24. The molecule has 1 heterocycles. The molecule has 1 fully saturated rings. The van der Waals surface area contributed by atoms with Gasteiger partial charge in [0, 0.05) is 28.9 Å². The fraction of sp³-hybridized carbons (Fsp3) is 1.00. The molecule has 0 aromatic heterocycles. The van der Waals surface area contributed by atoms with Crippen LogP contribution in [0.4, 0.5) is 13.2 Å². The summed E-state index contributed by atoms with van der Waals surface area (Å²) >= 11 is 0. The maximum absolute atomic E-state index is 12.2. The minimum Gasteiger partial charge on any atom is -0.314 e. The van der Waals surface area contributed by atoms with Gasteiger partial charge in [-0.2, -0.15) is 13.2 Å². The third kappa shape index (κ3) is 7.33. The van der Waals surface area contributed by atoms with Gasteiger partial charge >= 0.3 is 6.18 Å². The van der Waals surface area contributed by atoms with Crippen molar-refractivity contribution in [1.82, 2.24) is 10.2 Å². The predicted octanol–water partition coefficient (Wildman–Crippen LogP) is 1.37. The number of hydrogen-bond donors (Lipinski definition) is 1. The largest absolute Gasteiger partial charge is 0.401 e. The molecule has 1 N–H and O–H groups in total. The van der Waals surface area contributed by atoms with E-state index in [1.54, 1.807) is 6.26 Å². The normalized spacial score (nSPS) is 21.1. The van der Waals surface area contributed by atoms with E-state index in [2.05, 4.69) is 5.32 Å². The zero-order chi connectivity index (χ0) is 13.6. The summed E-state index contributed by atoms with van der Waals surface area (Å²) in [6, 6.07) is 0.305. The summed E-state index contributed by atoms with van der Waals surface area (Å²) in [6.45, 7) is 0.992.